The third-order valence-electron chi connectivity index (χ3n) is 5.07. The number of fused-ring (bicyclic) bond motifs is 3. The number of carbonyl (C=O) groups excluding carboxylic acids is 1. The second-order valence-corrected chi connectivity index (χ2v) is 8.42. The summed E-state index contributed by atoms with van der Waals surface area (Å²) in [5, 5.41) is 2.98. The number of thiophene rings is 1. The molecular weight excluding hydrogens is 403 g/mol. The van der Waals surface area contributed by atoms with E-state index in [0.717, 1.165) is 37.0 Å². The van der Waals surface area contributed by atoms with Gasteiger partial charge in [-0.25, -0.2) is 4.98 Å². The van der Waals surface area contributed by atoms with Crippen molar-refractivity contribution in [3.8, 4) is 0 Å². The van der Waals surface area contributed by atoms with E-state index in [2.05, 4.69) is 17.2 Å². The Morgan fingerprint density at radius 1 is 1.38 bits per heavy atom. The fraction of sp³-hybridized carbons (Fsp3) is 0.350. The molecule has 1 aliphatic rings. The summed E-state index contributed by atoms with van der Waals surface area (Å²) in [5.41, 5.74) is -0.0991. The minimum absolute atomic E-state index is 0.0220. The van der Waals surface area contributed by atoms with Crippen LogP contribution in [0.25, 0.3) is 10.2 Å². The smallest absolute Gasteiger partial charge is 0.325 e. The molecule has 152 valence electrons. The summed E-state index contributed by atoms with van der Waals surface area (Å²) in [6, 6.07) is 4.38. The van der Waals surface area contributed by atoms with Crippen molar-refractivity contribution in [2.45, 2.75) is 38.9 Å². The number of nitrogens with one attached hydrogen (secondary N) is 1. The van der Waals surface area contributed by atoms with Crippen molar-refractivity contribution in [2.75, 3.05) is 5.32 Å². The Bertz CT molecular complexity index is 1150. The van der Waals surface area contributed by atoms with Crippen LogP contribution in [0.2, 0.25) is 0 Å². The highest BCUT2D eigenvalue weighted by molar-refractivity contribution is 7.18. The Kier molecular flexibility index (Phi) is 4.94. The molecule has 4 rings (SSSR count). The SMILES string of the molecule is C[C@@H]1CCc2c(sc3ncn(CC(=O)Nc4cccc(C(F)(F)F)c4)c(=O)c23)C1. The molecule has 2 aromatic heterocycles. The number of halogens is 3. The molecule has 0 aliphatic heterocycles. The summed E-state index contributed by atoms with van der Waals surface area (Å²) >= 11 is 1.52. The van der Waals surface area contributed by atoms with Gasteiger partial charge >= 0.3 is 6.18 Å². The molecule has 0 unspecified atom stereocenters. The lowest BCUT2D eigenvalue weighted by Crippen LogP contribution is -2.28. The van der Waals surface area contributed by atoms with Crippen LogP contribution in [0.15, 0.2) is 35.4 Å². The van der Waals surface area contributed by atoms with Gasteiger partial charge in [0, 0.05) is 10.6 Å². The third kappa shape index (κ3) is 3.91. The summed E-state index contributed by atoms with van der Waals surface area (Å²) in [4.78, 5) is 31.4. The van der Waals surface area contributed by atoms with E-state index in [9.17, 15) is 22.8 Å². The molecule has 0 bridgehead atoms. The highest BCUT2D eigenvalue weighted by atomic mass is 32.1. The second-order valence-electron chi connectivity index (χ2n) is 7.34. The van der Waals surface area contributed by atoms with Crippen LogP contribution in [-0.2, 0) is 30.4 Å². The summed E-state index contributed by atoms with van der Waals surface area (Å²) in [6.45, 7) is 1.86. The van der Waals surface area contributed by atoms with Crippen molar-refractivity contribution in [3.05, 3.63) is 57.0 Å². The Morgan fingerprint density at radius 3 is 2.93 bits per heavy atom. The quantitative estimate of drug-likeness (QED) is 0.688. The van der Waals surface area contributed by atoms with Gasteiger partial charge in [0.05, 0.1) is 17.3 Å². The molecule has 5 nitrogen and oxygen atoms in total. The van der Waals surface area contributed by atoms with Crippen molar-refractivity contribution in [2.24, 2.45) is 5.92 Å². The van der Waals surface area contributed by atoms with Gasteiger partial charge in [0.1, 0.15) is 11.4 Å². The van der Waals surface area contributed by atoms with Crippen LogP contribution < -0.4 is 10.9 Å². The van der Waals surface area contributed by atoms with Gasteiger partial charge in [-0.1, -0.05) is 13.0 Å². The van der Waals surface area contributed by atoms with E-state index >= 15 is 0 Å². The molecule has 1 N–H and O–H groups in total. The number of nitrogens with zero attached hydrogens (tertiary/aromatic N) is 2. The van der Waals surface area contributed by atoms with Gasteiger partial charge in [-0.05, 0) is 48.9 Å². The minimum Gasteiger partial charge on any atom is -0.325 e. The number of alkyl halides is 3. The predicted octanol–water partition coefficient (Wildman–Crippen LogP) is 4.24. The Balaban J connectivity index is 1.58. The number of benzene rings is 1. The fourth-order valence-corrected chi connectivity index (χ4v) is 4.95. The molecular formula is C20H18F3N3O2S. The van der Waals surface area contributed by atoms with E-state index in [-0.39, 0.29) is 17.8 Å². The van der Waals surface area contributed by atoms with E-state index in [1.165, 1.54) is 39.2 Å². The zero-order chi connectivity index (χ0) is 20.8. The molecule has 0 saturated heterocycles. The van der Waals surface area contributed by atoms with E-state index in [0.29, 0.717) is 16.1 Å². The van der Waals surface area contributed by atoms with Crippen molar-refractivity contribution < 1.29 is 18.0 Å². The maximum absolute atomic E-state index is 12.9. The van der Waals surface area contributed by atoms with Gasteiger partial charge < -0.3 is 5.32 Å². The van der Waals surface area contributed by atoms with Crippen LogP contribution >= 0.6 is 11.3 Å². The molecule has 3 aromatic rings. The molecule has 0 radical (unpaired) electrons. The van der Waals surface area contributed by atoms with Gasteiger partial charge in [0.2, 0.25) is 5.91 Å². The monoisotopic (exact) mass is 421 g/mol. The van der Waals surface area contributed by atoms with Crippen molar-refractivity contribution in [1.82, 2.24) is 9.55 Å². The lowest BCUT2D eigenvalue weighted by atomic mass is 9.89. The van der Waals surface area contributed by atoms with E-state index in [1.807, 2.05) is 0 Å². The first kappa shape index (κ1) is 19.6. The van der Waals surface area contributed by atoms with E-state index < -0.39 is 17.6 Å². The predicted molar refractivity (Wildman–Crippen MR) is 105 cm³/mol. The Hall–Kier alpha value is -2.68. The molecule has 1 amide bonds. The van der Waals surface area contributed by atoms with Gasteiger partial charge in [-0.3, -0.25) is 14.2 Å². The largest absolute Gasteiger partial charge is 0.416 e. The topological polar surface area (TPSA) is 64.0 Å². The molecule has 1 atom stereocenters. The molecule has 2 heterocycles. The minimum atomic E-state index is -4.50. The first-order valence-electron chi connectivity index (χ1n) is 9.19. The van der Waals surface area contributed by atoms with E-state index in [1.54, 1.807) is 0 Å². The second kappa shape index (κ2) is 7.29. The van der Waals surface area contributed by atoms with Crippen LogP contribution in [-0.4, -0.2) is 15.5 Å². The molecule has 0 fully saturated rings. The van der Waals surface area contributed by atoms with Crippen molar-refractivity contribution in [1.29, 1.82) is 0 Å². The molecule has 9 heteroatoms. The van der Waals surface area contributed by atoms with Crippen molar-refractivity contribution >= 4 is 33.1 Å². The molecule has 1 aliphatic carbocycles. The maximum atomic E-state index is 12.9. The number of hydrogen-bond donors (Lipinski definition) is 1. The van der Waals surface area contributed by atoms with Gasteiger partial charge in [-0.15, -0.1) is 11.3 Å². The number of aromatic nitrogens is 2. The van der Waals surface area contributed by atoms with Crippen LogP contribution in [0.5, 0.6) is 0 Å². The zero-order valence-corrected chi connectivity index (χ0v) is 16.4. The maximum Gasteiger partial charge on any atom is 0.416 e. The number of hydrogen-bond acceptors (Lipinski definition) is 4. The van der Waals surface area contributed by atoms with Crippen LogP contribution in [0.3, 0.4) is 0 Å². The lowest BCUT2D eigenvalue weighted by Gasteiger charge is -2.17. The highest BCUT2D eigenvalue weighted by Crippen LogP contribution is 2.35. The van der Waals surface area contributed by atoms with Crippen LogP contribution in [0, 0.1) is 5.92 Å². The normalized spacial score (nSPS) is 16.6. The summed E-state index contributed by atoms with van der Waals surface area (Å²) in [7, 11) is 0. The average Bonchev–Trinajstić information content (AvgIpc) is 3.01. The zero-order valence-electron chi connectivity index (χ0n) is 15.5. The average molecular weight is 421 g/mol. The Morgan fingerprint density at radius 2 is 2.17 bits per heavy atom. The summed E-state index contributed by atoms with van der Waals surface area (Å²) in [5.74, 6) is -0.0266. The van der Waals surface area contributed by atoms with Crippen LogP contribution in [0.1, 0.15) is 29.3 Å². The summed E-state index contributed by atoms with van der Waals surface area (Å²) in [6.07, 6.45) is -0.438. The molecule has 1 aromatic carbocycles. The lowest BCUT2D eigenvalue weighted by molar-refractivity contribution is -0.137. The first-order valence-corrected chi connectivity index (χ1v) is 10.0. The van der Waals surface area contributed by atoms with Gasteiger partial charge in [0.25, 0.3) is 5.56 Å². The van der Waals surface area contributed by atoms with Gasteiger partial charge in [-0.2, -0.15) is 13.2 Å². The van der Waals surface area contributed by atoms with Gasteiger partial charge in [0.15, 0.2) is 0 Å². The molecule has 0 spiro atoms. The number of aryl methyl sites for hydroxylation is 1. The van der Waals surface area contributed by atoms with Crippen molar-refractivity contribution in [3.63, 3.8) is 0 Å². The number of anilines is 1. The standard InChI is InChI=1S/C20H18F3N3O2S/c1-11-5-6-14-15(7-11)29-18-17(14)19(28)26(10-24-18)9-16(27)25-13-4-2-3-12(8-13)20(21,22)23/h2-4,8,10-11H,5-7,9H2,1H3,(H,25,27)/t11-/m1/s1. The third-order valence-corrected chi connectivity index (χ3v) is 6.23. The number of amides is 1. The number of rotatable bonds is 3. The fourth-order valence-electron chi connectivity index (χ4n) is 3.61. The highest BCUT2D eigenvalue weighted by Gasteiger charge is 2.30. The van der Waals surface area contributed by atoms with Crippen LogP contribution in [0.4, 0.5) is 18.9 Å². The molecule has 0 saturated carbocycles. The Labute approximate surface area is 168 Å². The number of carbonyl (C=O) groups is 1. The summed E-state index contributed by atoms with van der Waals surface area (Å²) < 4.78 is 39.7. The van der Waals surface area contributed by atoms with E-state index in [4.69, 9.17) is 0 Å². The first-order chi connectivity index (χ1) is 13.7. The molecule has 29 heavy (non-hydrogen) atoms.